The standard InChI is InChI=1S/C16H25NO/c1-12-7-5-6-8-13(12)14-9-10-17(4)11-15(14)16(2,3)18/h5-8,14-15,18H,9-11H2,1-4H3/t14-,15+/m1/s1. The van der Waals surface area contributed by atoms with Gasteiger partial charge < -0.3 is 10.0 Å². The molecule has 1 fully saturated rings. The number of hydrogen-bond donors (Lipinski definition) is 1. The molecule has 1 heterocycles. The van der Waals surface area contributed by atoms with Crippen molar-refractivity contribution in [3.8, 4) is 0 Å². The van der Waals surface area contributed by atoms with Gasteiger partial charge in [0, 0.05) is 12.5 Å². The zero-order valence-corrected chi connectivity index (χ0v) is 12.0. The number of nitrogens with zero attached hydrogens (tertiary/aromatic N) is 1. The minimum atomic E-state index is -0.623. The molecule has 0 aromatic heterocycles. The number of piperidine rings is 1. The molecule has 1 aromatic carbocycles. The first-order valence-corrected chi connectivity index (χ1v) is 6.86. The summed E-state index contributed by atoms with van der Waals surface area (Å²) >= 11 is 0. The first kappa shape index (κ1) is 13.6. The topological polar surface area (TPSA) is 23.5 Å². The number of hydrogen-bond acceptors (Lipinski definition) is 2. The first-order chi connectivity index (χ1) is 8.39. The molecule has 0 unspecified atom stereocenters. The Morgan fingerprint density at radius 1 is 1.28 bits per heavy atom. The predicted molar refractivity (Wildman–Crippen MR) is 75.8 cm³/mol. The first-order valence-electron chi connectivity index (χ1n) is 6.86. The number of rotatable bonds is 2. The average molecular weight is 247 g/mol. The molecule has 0 amide bonds. The van der Waals surface area contributed by atoms with Crippen molar-refractivity contribution in [2.75, 3.05) is 20.1 Å². The van der Waals surface area contributed by atoms with Crippen LogP contribution in [0.5, 0.6) is 0 Å². The lowest BCUT2D eigenvalue weighted by atomic mass is 9.72. The van der Waals surface area contributed by atoms with E-state index in [0.717, 1.165) is 19.5 Å². The van der Waals surface area contributed by atoms with Crippen LogP contribution in [0.2, 0.25) is 0 Å². The zero-order valence-electron chi connectivity index (χ0n) is 12.0. The number of benzene rings is 1. The van der Waals surface area contributed by atoms with Crippen LogP contribution < -0.4 is 0 Å². The summed E-state index contributed by atoms with van der Waals surface area (Å²) in [6.07, 6.45) is 1.13. The van der Waals surface area contributed by atoms with Crippen molar-refractivity contribution in [3.05, 3.63) is 35.4 Å². The van der Waals surface area contributed by atoms with E-state index in [1.54, 1.807) is 0 Å². The molecule has 1 aromatic rings. The van der Waals surface area contributed by atoms with Crippen LogP contribution in [-0.2, 0) is 0 Å². The van der Waals surface area contributed by atoms with Crippen LogP contribution in [-0.4, -0.2) is 35.7 Å². The van der Waals surface area contributed by atoms with Gasteiger partial charge in [0.05, 0.1) is 5.60 Å². The van der Waals surface area contributed by atoms with Crippen molar-refractivity contribution in [2.45, 2.75) is 38.7 Å². The summed E-state index contributed by atoms with van der Waals surface area (Å²) < 4.78 is 0. The quantitative estimate of drug-likeness (QED) is 0.868. The highest BCUT2D eigenvalue weighted by Crippen LogP contribution is 2.39. The molecule has 2 nitrogen and oxygen atoms in total. The predicted octanol–water partition coefficient (Wildman–Crippen LogP) is 2.80. The highest BCUT2D eigenvalue weighted by molar-refractivity contribution is 5.30. The van der Waals surface area contributed by atoms with Gasteiger partial charge in [0.2, 0.25) is 0 Å². The monoisotopic (exact) mass is 247 g/mol. The molecular formula is C16H25NO. The molecule has 1 aliphatic heterocycles. The van der Waals surface area contributed by atoms with Crippen LogP contribution in [0.4, 0.5) is 0 Å². The molecule has 0 saturated carbocycles. The van der Waals surface area contributed by atoms with Gasteiger partial charge >= 0.3 is 0 Å². The maximum absolute atomic E-state index is 10.5. The van der Waals surface area contributed by atoms with Crippen molar-refractivity contribution in [1.29, 1.82) is 0 Å². The van der Waals surface area contributed by atoms with Crippen LogP contribution in [0.25, 0.3) is 0 Å². The van der Waals surface area contributed by atoms with Gasteiger partial charge in [-0.05, 0) is 57.8 Å². The van der Waals surface area contributed by atoms with Gasteiger partial charge in [-0.3, -0.25) is 0 Å². The maximum atomic E-state index is 10.5. The van der Waals surface area contributed by atoms with E-state index >= 15 is 0 Å². The molecule has 2 atom stereocenters. The summed E-state index contributed by atoms with van der Waals surface area (Å²) in [4.78, 5) is 2.33. The van der Waals surface area contributed by atoms with Gasteiger partial charge in [-0.2, -0.15) is 0 Å². The van der Waals surface area contributed by atoms with E-state index in [4.69, 9.17) is 0 Å². The third-order valence-electron chi connectivity index (χ3n) is 4.31. The lowest BCUT2D eigenvalue weighted by Gasteiger charge is -2.43. The Kier molecular flexibility index (Phi) is 3.79. The second kappa shape index (κ2) is 5.02. The van der Waals surface area contributed by atoms with Crippen molar-refractivity contribution in [1.82, 2.24) is 4.90 Å². The van der Waals surface area contributed by atoms with E-state index in [-0.39, 0.29) is 0 Å². The highest BCUT2D eigenvalue weighted by atomic mass is 16.3. The molecule has 2 heteroatoms. The number of likely N-dealkylation sites (tertiary alicyclic amines) is 1. The summed E-state index contributed by atoms with van der Waals surface area (Å²) in [7, 11) is 2.15. The number of aliphatic hydroxyl groups is 1. The smallest absolute Gasteiger partial charge is 0.0637 e. The minimum absolute atomic E-state index is 0.303. The summed E-state index contributed by atoms with van der Waals surface area (Å²) in [5, 5.41) is 10.5. The molecule has 1 aliphatic rings. The van der Waals surface area contributed by atoms with E-state index in [2.05, 4.69) is 43.1 Å². The Bertz CT molecular complexity index is 408. The Hall–Kier alpha value is -0.860. The molecule has 2 rings (SSSR count). The largest absolute Gasteiger partial charge is 0.390 e. The molecule has 100 valence electrons. The van der Waals surface area contributed by atoms with Gasteiger partial charge in [0.25, 0.3) is 0 Å². The van der Waals surface area contributed by atoms with Crippen LogP contribution in [0.15, 0.2) is 24.3 Å². The molecule has 0 radical (unpaired) electrons. The van der Waals surface area contributed by atoms with Gasteiger partial charge in [0.15, 0.2) is 0 Å². The Balaban J connectivity index is 2.33. The van der Waals surface area contributed by atoms with Crippen molar-refractivity contribution >= 4 is 0 Å². The van der Waals surface area contributed by atoms with E-state index in [1.807, 2.05) is 13.8 Å². The minimum Gasteiger partial charge on any atom is -0.390 e. The van der Waals surface area contributed by atoms with Crippen molar-refractivity contribution < 1.29 is 5.11 Å². The van der Waals surface area contributed by atoms with Crippen LogP contribution >= 0.6 is 0 Å². The molecular weight excluding hydrogens is 222 g/mol. The van der Waals surface area contributed by atoms with Crippen LogP contribution in [0.1, 0.15) is 37.3 Å². The van der Waals surface area contributed by atoms with Gasteiger partial charge in [-0.15, -0.1) is 0 Å². The fourth-order valence-electron chi connectivity index (χ4n) is 3.21. The Labute approximate surface area is 111 Å². The molecule has 1 N–H and O–H groups in total. The van der Waals surface area contributed by atoms with Crippen molar-refractivity contribution in [3.63, 3.8) is 0 Å². The normalized spacial score (nSPS) is 26.3. The highest BCUT2D eigenvalue weighted by Gasteiger charge is 2.38. The Morgan fingerprint density at radius 2 is 1.94 bits per heavy atom. The molecule has 0 aliphatic carbocycles. The summed E-state index contributed by atoms with van der Waals surface area (Å²) in [5.41, 5.74) is 2.14. The lowest BCUT2D eigenvalue weighted by Crippen LogP contribution is -2.47. The maximum Gasteiger partial charge on any atom is 0.0637 e. The van der Waals surface area contributed by atoms with Gasteiger partial charge in [-0.1, -0.05) is 24.3 Å². The second-order valence-electron chi connectivity index (χ2n) is 6.27. The van der Waals surface area contributed by atoms with E-state index in [9.17, 15) is 5.11 Å². The van der Waals surface area contributed by atoms with E-state index < -0.39 is 5.60 Å². The molecule has 0 bridgehead atoms. The summed E-state index contributed by atoms with van der Waals surface area (Å²) in [5.74, 6) is 0.778. The van der Waals surface area contributed by atoms with Crippen LogP contribution in [0, 0.1) is 12.8 Å². The Morgan fingerprint density at radius 3 is 2.56 bits per heavy atom. The zero-order chi connectivity index (χ0) is 13.3. The summed E-state index contributed by atoms with van der Waals surface area (Å²) in [6.45, 7) is 8.16. The lowest BCUT2D eigenvalue weighted by molar-refractivity contribution is -0.0249. The molecule has 1 saturated heterocycles. The molecule has 0 spiro atoms. The van der Waals surface area contributed by atoms with E-state index in [1.165, 1.54) is 11.1 Å². The average Bonchev–Trinajstić information content (AvgIpc) is 2.29. The molecule has 18 heavy (non-hydrogen) atoms. The third kappa shape index (κ3) is 2.76. The van der Waals surface area contributed by atoms with Crippen LogP contribution in [0.3, 0.4) is 0 Å². The number of aryl methyl sites for hydroxylation is 1. The second-order valence-corrected chi connectivity index (χ2v) is 6.27. The fraction of sp³-hybridized carbons (Fsp3) is 0.625. The fourth-order valence-corrected chi connectivity index (χ4v) is 3.21. The SMILES string of the molecule is Cc1ccccc1[C@H]1CCN(C)C[C@@H]1C(C)(C)O. The summed E-state index contributed by atoms with van der Waals surface area (Å²) in [6, 6.07) is 8.61. The third-order valence-corrected chi connectivity index (χ3v) is 4.31. The van der Waals surface area contributed by atoms with Crippen molar-refractivity contribution in [2.24, 2.45) is 5.92 Å². The van der Waals surface area contributed by atoms with Gasteiger partial charge in [-0.25, -0.2) is 0 Å². The van der Waals surface area contributed by atoms with Gasteiger partial charge in [0.1, 0.15) is 0 Å². The van der Waals surface area contributed by atoms with E-state index in [0.29, 0.717) is 11.8 Å².